The quantitative estimate of drug-likeness (QED) is 0.0675. The van der Waals surface area contributed by atoms with Gasteiger partial charge in [-0.15, -0.1) is 0 Å². The van der Waals surface area contributed by atoms with E-state index in [4.69, 9.17) is 49.4 Å². The standard InChI is InChI=1S/C78H97N7O26/c1-10-36(19-32(2)3)71(98)84-61-49(90)22-41(25-55(79)92)72(99)82-59-40-23-52(106-43-15-11-37(12-16-43)63(61)93)67(111-76-68(65(95)64(94)54(31-86)108-76)110-57-30-78(8,81-9)70(97)35(6)105-57)53(24-40)107-51-18-14-39(20-33(51)4)66(109-56-29-77(7,80)69(96)34(5)104-56)62-74(101)83-60(75(102)103)46-26-42(87)27-48(89)58(46)45-21-38(13-17-47(45)88)44(28-50(59)91)73(100)85-62/h11-18,20-21,23-24,26-27,32,34-36,41,44,54,56-57,59-66,68-70,76,81,86-89,93-97H,10,19,22,25,28-31,80H2,1-9H3,(H2,79,92)(H,82,99)(H,83,101)(H,84,98)(H,85,100)(H,102,103)/t34-,35-,36+,41-,44+,54?,56-,57-,59+,60-,61-,62-,63+,64+,65?,66+,68?,69-,70-,76-,77?,78?/m0/s1. The number of likely N-dealkylation sites (N-methyl/N-ethyl adjacent to an activating group) is 1. The molecular formula is C78H97N7O26. The lowest BCUT2D eigenvalue weighted by Crippen LogP contribution is -2.65. The average Bonchev–Trinajstić information content (AvgIpc) is 0.769. The summed E-state index contributed by atoms with van der Waals surface area (Å²) in [5, 5.41) is 129. The number of phenolic OH excluding ortho intramolecular Hbond substituents is 3. The first-order valence-electron chi connectivity index (χ1n) is 36.8. The Morgan fingerprint density at radius 3 is 2.00 bits per heavy atom. The number of aryl methyl sites for hydroxylation is 1. The zero-order chi connectivity index (χ0) is 80.7. The maximum atomic E-state index is 16.5. The van der Waals surface area contributed by atoms with Crippen LogP contribution in [0.5, 0.6) is 46.0 Å². The number of ether oxygens (including phenoxy) is 8. The summed E-state index contributed by atoms with van der Waals surface area (Å²) in [6.07, 6.45) is -22.6. The summed E-state index contributed by atoms with van der Waals surface area (Å²) in [5.74, 6) is -17.6. The number of nitrogens with one attached hydrogen (secondary N) is 5. The summed E-state index contributed by atoms with van der Waals surface area (Å²) < 4.78 is 52.6. The molecule has 33 heteroatoms. The summed E-state index contributed by atoms with van der Waals surface area (Å²) >= 11 is 0. The van der Waals surface area contributed by atoms with E-state index in [0.717, 1.165) is 24.3 Å². The van der Waals surface area contributed by atoms with Crippen LogP contribution in [0.4, 0.5) is 0 Å². The number of carbonyl (C=O) groups excluding carboxylic acids is 7. The molecule has 8 aliphatic rings. The highest BCUT2D eigenvalue weighted by Crippen LogP contribution is 2.50. The monoisotopic (exact) mass is 1550 g/mol. The third-order valence-electron chi connectivity index (χ3n) is 21.7. The summed E-state index contributed by atoms with van der Waals surface area (Å²) in [4.78, 5) is 120. The predicted molar refractivity (Wildman–Crippen MR) is 389 cm³/mol. The second kappa shape index (κ2) is 33.5. The van der Waals surface area contributed by atoms with E-state index in [1.54, 1.807) is 27.8 Å². The number of benzene rings is 5. The number of aromatic hydroxyl groups is 3. The maximum Gasteiger partial charge on any atom is 0.330 e. The highest BCUT2D eigenvalue weighted by Gasteiger charge is 2.53. The number of hydrogen-bond acceptors (Lipinski definition) is 27. The largest absolute Gasteiger partial charge is 0.508 e. The number of carboxylic acid groups (broad SMARTS) is 1. The normalized spacial score (nSPS) is 32.2. The third kappa shape index (κ3) is 17.6. The van der Waals surface area contributed by atoms with Crippen LogP contribution in [0, 0.1) is 24.7 Å². The van der Waals surface area contributed by atoms with Crippen LogP contribution in [0.25, 0.3) is 11.1 Å². The number of aliphatic hydroxyl groups is 6. The van der Waals surface area contributed by atoms with Crippen molar-refractivity contribution in [2.24, 2.45) is 29.2 Å². The molecule has 8 heterocycles. The number of aliphatic hydroxyl groups excluding tert-OH is 6. The maximum absolute atomic E-state index is 16.5. The molecule has 3 saturated heterocycles. The predicted octanol–water partition coefficient (Wildman–Crippen LogP) is 3.02. The van der Waals surface area contributed by atoms with Gasteiger partial charge in [-0.2, -0.15) is 0 Å². The van der Waals surface area contributed by atoms with E-state index in [1.807, 2.05) is 13.8 Å². The molecule has 5 aromatic rings. The molecule has 13 rings (SSSR count). The first kappa shape index (κ1) is 82.5. The molecule has 33 nitrogen and oxygen atoms in total. The molecule has 0 spiro atoms. The van der Waals surface area contributed by atoms with E-state index in [-0.39, 0.29) is 58.1 Å². The van der Waals surface area contributed by atoms with Gasteiger partial charge in [-0.3, -0.25) is 33.6 Å². The molecule has 5 unspecified atom stereocenters. The van der Waals surface area contributed by atoms with Crippen molar-refractivity contribution in [3.63, 3.8) is 0 Å². The van der Waals surface area contributed by atoms with Gasteiger partial charge in [0.25, 0.3) is 0 Å². The fraction of sp³-hybridized carbons (Fsp3) is 0.513. The molecule has 600 valence electrons. The number of aliphatic carboxylic acids is 1. The molecule has 5 aromatic carbocycles. The van der Waals surface area contributed by atoms with Crippen LogP contribution in [-0.4, -0.2) is 203 Å². The van der Waals surface area contributed by atoms with Crippen molar-refractivity contribution in [1.29, 1.82) is 0 Å². The van der Waals surface area contributed by atoms with Crippen LogP contribution < -0.4 is 52.3 Å². The van der Waals surface area contributed by atoms with Crippen molar-refractivity contribution in [1.82, 2.24) is 26.6 Å². The molecule has 3 fully saturated rings. The van der Waals surface area contributed by atoms with E-state index < -0.39 is 257 Å². The van der Waals surface area contributed by atoms with Crippen LogP contribution in [0.2, 0.25) is 0 Å². The Hall–Kier alpha value is -9.46. The third-order valence-corrected chi connectivity index (χ3v) is 21.7. The minimum atomic E-state index is -2.23. The first-order chi connectivity index (χ1) is 52.4. The Balaban J connectivity index is 1.18. The molecule has 111 heavy (non-hydrogen) atoms. The number of primary amides is 1. The molecule has 0 aliphatic carbocycles. The van der Waals surface area contributed by atoms with Crippen molar-refractivity contribution < 1.29 is 127 Å². The summed E-state index contributed by atoms with van der Waals surface area (Å²) in [7, 11) is 1.61. The Labute approximate surface area is 638 Å². The molecule has 11 bridgehead atoms. The molecular weight excluding hydrogens is 1450 g/mol. The first-order valence-corrected chi connectivity index (χ1v) is 36.8. The van der Waals surface area contributed by atoms with Gasteiger partial charge < -0.3 is 127 Å². The fourth-order valence-corrected chi connectivity index (χ4v) is 15.4. The van der Waals surface area contributed by atoms with Crippen LogP contribution >= 0.6 is 0 Å². The number of fused-ring (bicyclic) bond motifs is 15. The SMILES string of the molecule is CC[C@H](CC(C)C)C(=O)N[C@H]1C(=O)C[C@@H](CC(N)=O)C(=O)N[C@H]2C(=O)C[C@H]3C(=O)N[C@H](C(=O)N[C@H](C(=O)O)c4cc(O)cc(O)c4-c4cc3ccc4O)[C@H](O[C@H]3CC(C)(N)[C@@H](O)[C@H](C)O3)c3ccc(c(C)c3)Oc3cc2cc(c3O[C@@H]2OC(CO)[C@@H](O)C(O)C2O[C@H]2CC(C)(NC)[C@@H](O)[C@H](C)O2)Oc2ccc(cc2)[C@H]1O. The molecule has 0 aromatic heterocycles. The fourth-order valence-electron chi connectivity index (χ4n) is 15.4. The van der Waals surface area contributed by atoms with Crippen molar-refractivity contribution in [3.05, 3.63) is 118 Å². The Bertz CT molecular complexity index is 4350. The van der Waals surface area contributed by atoms with Gasteiger partial charge in [0.15, 0.2) is 47.8 Å². The number of amides is 5. The van der Waals surface area contributed by atoms with E-state index >= 15 is 24.0 Å². The number of carbonyl (C=O) groups is 8. The van der Waals surface area contributed by atoms with Gasteiger partial charge in [0, 0.05) is 71.9 Å². The molecule has 0 radical (unpaired) electrons. The van der Waals surface area contributed by atoms with Crippen LogP contribution in [-0.2, 0) is 62.0 Å². The zero-order valence-corrected chi connectivity index (χ0v) is 62.5. The van der Waals surface area contributed by atoms with Gasteiger partial charge in [-0.25, -0.2) is 4.79 Å². The Morgan fingerprint density at radius 1 is 0.712 bits per heavy atom. The van der Waals surface area contributed by atoms with Gasteiger partial charge >= 0.3 is 5.97 Å². The summed E-state index contributed by atoms with van der Waals surface area (Å²) in [6, 6.07) is 8.83. The van der Waals surface area contributed by atoms with Gasteiger partial charge in [0.2, 0.25) is 41.6 Å². The van der Waals surface area contributed by atoms with Crippen molar-refractivity contribution in [3.8, 4) is 57.1 Å². The number of phenols is 3. The van der Waals surface area contributed by atoms with Gasteiger partial charge in [-0.1, -0.05) is 45.0 Å². The molecule has 22 atom stereocenters. The summed E-state index contributed by atoms with van der Waals surface area (Å²) in [5.41, 5.74) is 8.36. The van der Waals surface area contributed by atoms with Crippen molar-refractivity contribution in [2.45, 2.75) is 221 Å². The molecule has 8 aliphatic heterocycles. The zero-order valence-electron chi connectivity index (χ0n) is 62.5. The number of ketones is 2. The molecule has 19 N–H and O–H groups in total. The van der Waals surface area contributed by atoms with Crippen LogP contribution in [0.3, 0.4) is 0 Å². The number of carboxylic acids is 1. The average molecular weight is 1550 g/mol. The summed E-state index contributed by atoms with van der Waals surface area (Å²) in [6.45, 7) is 12.5. The second-order valence-electron chi connectivity index (χ2n) is 30.5. The Morgan fingerprint density at radius 2 is 1.37 bits per heavy atom. The van der Waals surface area contributed by atoms with Gasteiger partial charge in [0.1, 0.15) is 77.4 Å². The number of hydrogen-bond donors (Lipinski definition) is 17. The number of nitrogens with two attached hydrogens (primary N) is 2. The van der Waals surface area contributed by atoms with Crippen LogP contribution in [0.15, 0.2) is 84.9 Å². The van der Waals surface area contributed by atoms with E-state index in [9.17, 15) is 65.4 Å². The van der Waals surface area contributed by atoms with Crippen LogP contribution in [0.1, 0.15) is 157 Å². The number of Topliss-reactive ketones (excluding diaryl/α,β-unsaturated/α-hetero) is 2. The Kier molecular flexibility index (Phi) is 24.9. The lowest BCUT2D eigenvalue weighted by molar-refractivity contribution is -0.334. The van der Waals surface area contributed by atoms with Gasteiger partial charge in [-0.05, 0) is 143 Å². The molecule has 0 saturated carbocycles. The highest BCUT2D eigenvalue weighted by molar-refractivity contribution is 6.01. The minimum Gasteiger partial charge on any atom is -0.508 e. The van der Waals surface area contributed by atoms with Crippen molar-refractivity contribution in [2.75, 3.05) is 13.7 Å². The van der Waals surface area contributed by atoms with E-state index in [0.29, 0.717) is 12.8 Å². The second-order valence-corrected chi connectivity index (χ2v) is 30.5. The molecule has 5 amide bonds. The van der Waals surface area contributed by atoms with E-state index in [1.165, 1.54) is 81.4 Å². The highest BCUT2D eigenvalue weighted by atomic mass is 16.8. The smallest absolute Gasteiger partial charge is 0.330 e. The van der Waals surface area contributed by atoms with Crippen molar-refractivity contribution >= 4 is 47.1 Å². The lowest BCUT2D eigenvalue weighted by atomic mass is 9.84. The number of rotatable bonds is 16. The van der Waals surface area contributed by atoms with Gasteiger partial charge in [0.05, 0.1) is 42.9 Å². The minimum absolute atomic E-state index is 0.000182. The lowest BCUT2D eigenvalue weighted by Gasteiger charge is -2.48. The topological polar surface area (TPSA) is 525 Å². The van der Waals surface area contributed by atoms with E-state index in [2.05, 4.69) is 26.6 Å².